The molecule has 3 aromatic rings. The van der Waals surface area contributed by atoms with Crippen molar-refractivity contribution in [1.29, 1.82) is 0 Å². The van der Waals surface area contributed by atoms with Gasteiger partial charge in [0.25, 0.3) is 5.91 Å². The van der Waals surface area contributed by atoms with Crippen molar-refractivity contribution in [1.82, 2.24) is 24.7 Å². The zero-order valence-electron chi connectivity index (χ0n) is 13.2. The fourth-order valence-corrected chi connectivity index (χ4v) is 2.19. The van der Waals surface area contributed by atoms with Crippen LogP contribution in [-0.4, -0.2) is 35.7 Å². The van der Waals surface area contributed by atoms with Crippen LogP contribution in [0.1, 0.15) is 30.2 Å². The highest BCUT2D eigenvalue weighted by Crippen LogP contribution is 2.20. The summed E-state index contributed by atoms with van der Waals surface area (Å²) in [5, 5.41) is 20.3. The minimum absolute atomic E-state index is 0.0788. The number of nitrogens with one attached hydrogen (secondary N) is 1. The van der Waals surface area contributed by atoms with Crippen molar-refractivity contribution in [2.45, 2.75) is 19.9 Å². The van der Waals surface area contributed by atoms with Gasteiger partial charge in [-0.2, -0.15) is 0 Å². The lowest BCUT2D eigenvalue weighted by molar-refractivity contribution is 0.102. The zero-order chi connectivity index (χ0) is 17.1. The maximum atomic E-state index is 12.2. The van der Waals surface area contributed by atoms with Gasteiger partial charge in [-0.25, -0.2) is 9.97 Å². The van der Waals surface area contributed by atoms with Crippen LogP contribution >= 0.6 is 0 Å². The van der Waals surface area contributed by atoms with E-state index < -0.39 is 5.91 Å². The highest BCUT2D eigenvalue weighted by Gasteiger charge is 2.15. The van der Waals surface area contributed by atoms with Gasteiger partial charge in [0.15, 0.2) is 5.82 Å². The van der Waals surface area contributed by atoms with Gasteiger partial charge >= 0.3 is 0 Å². The predicted octanol–water partition coefficient (Wildman–Crippen LogP) is 2.27. The van der Waals surface area contributed by atoms with Gasteiger partial charge in [-0.05, 0) is 38.1 Å². The zero-order valence-corrected chi connectivity index (χ0v) is 13.2. The normalized spacial score (nSPS) is 10.8. The third-order valence-corrected chi connectivity index (χ3v) is 3.38. The second-order valence-electron chi connectivity index (χ2n) is 5.39. The number of nitrogens with zero attached hydrogens (tertiary/aromatic N) is 5. The molecule has 0 unspecified atom stereocenters. The van der Waals surface area contributed by atoms with Crippen LogP contribution in [0.5, 0.6) is 5.88 Å². The number of hydrogen-bond donors (Lipinski definition) is 2. The molecule has 0 bridgehead atoms. The summed E-state index contributed by atoms with van der Waals surface area (Å²) in [4.78, 5) is 20.3. The Labute approximate surface area is 138 Å². The number of carbonyl (C=O) groups excluding carboxylic acids is 1. The van der Waals surface area contributed by atoms with Crippen molar-refractivity contribution < 1.29 is 9.90 Å². The number of hydrogen-bond acceptors (Lipinski definition) is 6. The Bertz CT molecular complexity index is 874. The smallest absolute Gasteiger partial charge is 0.262 e. The molecule has 8 heteroatoms. The standard InChI is InChI=1S/C16H16N6O2/c1-10(2)22-9-18-21-14(22)12-6-3-7-13(19-12)20-16(24)11-5-4-8-17-15(11)23/h3-10H,1-2H3,(H,17,23)(H,19,20,24). The summed E-state index contributed by atoms with van der Waals surface area (Å²) in [5.74, 6) is 0.144. The van der Waals surface area contributed by atoms with Gasteiger partial charge in [0.2, 0.25) is 5.88 Å². The van der Waals surface area contributed by atoms with Crippen LogP contribution in [0.25, 0.3) is 11.5 Å². The van der Waals surface area contributed by atoms with Crippen LogP contribution in [0.4, 0.5) is 5.82 Å². The first kappa shape index (κ1) is 15.6. The summed E-state index contributed by atoms with van der Waals surface area (Å²) in [7, 11) is 0. The molecule has 3 heterocycles. The lowest BCUT2D eigenvalue weighted by Crippen LogP contribution is -2.14. The second-order valence-corrected chi connectivity index (χ2v) is 5.39. The van der Waals surface area contributed by atoms with Gasteiger partial charge in [-0.1, -0.05) is 6.07 Å². The van der Waals surface area contributed by atoms with Gasteiger partial charge in [0.05, 0.1) is 0 Å². The van der Waals surface area contributed by atoms with Gasteiger partial charge in [0, 0.05) is 12.2 Å². The molecule has 0 fully saturated rings. The Morgan fingerprint density at radius 3 is 2.83 bits per heavy atom. The molecule has 24 heavy (non-hydrogen) atoms. The van der Waals surface area contributed by atoms with Crippen LogP contribution in [0.3, 0.4) is 0 Å². The Morgan fingerprint density at radius 2 is 2.08 bits per heavy atom. The van der Waals surface area contributed by atoms with Gasteiger partial charge in [-0.3, -0.25) is 4.79 Å². The van der Waals surface area contributed by atoms with Crippen LogP contribution < -0.4 is 5.32 Å². The van der Waals surface area contributed by atoms with Crippen LogP contribution in [-0.2, 0) is 0 Å². The lowest BCUT2D eigenvalue weighted by atomic mass is 10.2. The summed E-state index contributed by atoms with van der Waals surface area (Å²) in [6.07, 6.45) is 3.05. The van der Waals surface area contributed by atoms with E-state index in [2.05, 4.69) is 25.5 Å². The Kier molecular flexibility index (Phi) is 4.19. The van der Waals surface area contributed by atoms with Crippen molar-refractivity contribution in [3.05, 3.63) is 48.4 Å². The van der Waals surface area contributed by atoms with E-state index in [1.165, 1.54) is 12.3 Å². The van der Waals surface area contributed by atoms with Crippen molar-refractivity contribution in [3.63, 3.8) is 0 Å². The van der Waals surface area contributed by atoms with Crippen LogP contribution in [0.15, 0.2) is 42.9 Å². The molecule has 122 valence electrons. The van der Waals surface area contributed by atoms with Gasteiger partial charge in [0.1, 0.15) is 23.4 Å². The van der Waals surface area contributed by atoms with E-state index in [1.54, 1.807) is 30.6 Å². The number of aromatic hydroxyl groups is 1. The molecule has 0 atom stereocenters. The van der Waals surface area contributed by atoms with Crippen LogP contribution in [0.2, 0.25) is 0 Å². The maximum absolute atomic E-state index is 12.2. The van der Waals surface area contributed by atoms with E-state index in [0.29, 0.717) is 17.3 Å². The summed E-state index contributed by atoms with van der Waals surface area (Å²) in [5.41, 5.74) is 0.671. The summed E-state index contributed by atoms with van der Waals surface area (Å²) >= 11 is 0. The maximum Gasteiger partial charge on any atom is 0.262 e. The number of aromatic nitrogens is 5. The summed E-state index contributed by atoms with van der Waals surface area (Å²) in [6, 6.07) is 8.45. The van der Waals surface area contributed by atoms with Gasteiger partial charge in [-0.15, -0.1) is 10.2 Å². The third kappa shape index (κ3) is 3.07. The first-order valence-corrected chi connectivity index (χ1v) is 7.38. The molecule has 0 spiro atoms. The number of amides is 1. The number of anilines is 1. The fraction of sp³-hybridized carbons (Fsp3) is 0.188. The largest absolute Gasteiger partial charge is 0.493 e. The van der Waals surface area contributed by atoms with E-state index in [9.17, 15) is 9.90 Å². The second kappa shape index (κ2) is 6.45. The molecule has 0 aliphatic heterocycles. The average molecular weight is 324 g/mol. The van der Waals surface area contributed by atoms with E-state index in [1.807, 2.05) is 18.4 Å². The molecule has 3 aromatic heterocycles. The number of carbonyl (C=O) groups is 1. The molecule has 0 aliphatic carbocycles. The van der Waals surface area contributed by atoms with Crippen molar-refractivity contribution >= 4 is 11.7 Å². The van der Waals surface area contributed by atoms with E-state index in [0.717, 1.165) is 0 Å². The molecule has 0 radical (unpaired) electrons. The van der Waals surface area contributed by atoms with E-state index >= 15 is 0 Å². The Morgan fingerprint density at radius 1 is 1.25 bits per heavy atom. The SMILES string of the molecule is CC(C)n1cnnc1-c1cccc(NC(=O)c2cccnc2O)n1. The Hall–Kier alpha value is -3.29. The number of pyridine rings is 2. The molecular formula is C16H16N6O2. The lowest BCUT2D eigenvalue weighted by Gasteiger charge is -2.10. The molecule has 0 saturated heterocycles. The molecule has 0 aromatic carbocycles. The fourth-order valence-electron chi connectivity index (χ4n) is 2.19. The summed E-state index contributed by atoms with van der Waals surface area (Å²) < 4.78 is 1.89. The monoisotopic (exact) mass is 324 g/mol. The van der Waals surface area contributed by atoms with Crippen molar-refractivity contribution in [2.75, 3.05) is 5.32 Å². The highest BCUT2D eigenvalue weighted by atomic mass is 16.3. The first-order valence-electron chi connectivity index (χ1n) is 7.38. The topological polar surface area (TPSA) is 106 Å². The summed E-state index contributed by atoms with van der Waals surface area (Å²) in [6.45, 7) is 4.04. The number of rotatable bonds is 4. The van der Waals surface area contributed by atoms with E-state index in [4.69, 9.17) is 0 Å². The molecule has 1 amide bonds. The van der Waals surface area contributed by atoms with Crippen molar-refractivity contribution in [3.8, 4) is 17.4 Å². The van der Waals surface area contributed by atoms with Crippen molar-refractivity contribution in [2.24, 2.45) is 0 Å². The molecular weight excluding hydrogens is 308 g/mol. The highest BCUT2D eigenvalue weighted by molar-refractivity contribution is 6.05. The minimum atomic E-state index is -0.490. The minimum Gasteiger partial charge on any atom is -0.493 e. The molecule has 3 rings (SSSR count). The molecule has 0 aliphatic rings. The average Bonchev–Trinajstić information content (AvgIpc) is 3.05. The van der Waals surface area contributed by atoms with Crippen LogP contribution in [0, 0.1) is 0 Å². The quantitative estimate of drug-likeness (QED) is 0.762. The Balaban J connectivity index is 1.87. The third-order valence-electron chi connectivity index (χ3n) is 3.38. The molecule has 8 nitrogen and oxygen atoms in total. The molecule has 0 saturated carbocycles. The molecule has 2 N–H and O–H groups in total. The predicted molar refractivity (Wildman–Crippen MR) is 87.5 cm³/mol. The van der Waals surface area contributed by atoms with E-state index in [-0.39, 0.29) is 17.5 Å². The first-order chi connectivity index (χ1) is 11.6. The van der Waals surface area contributed by atoms with Gasteiger partial charge < -0.3 is 15.0 Å².